The van der Waals surface area contributed by atoms with E-state index in [4.69, 9.17) is 4.74 Å². The van der Waals surface area contributed by atoms with E-state index in [9.17, 15) is 24.3 Å². The summed E-state index contributed by atoms with van der Waals surface area (Å²) in [6, 6.07) is 22.0. The summed E-state index contributed by atoms with van der Waals surface area (Å²) in [6.07, 6.45) is 0.536. The summed E-state index contributed by atoms with van der Waals surface area (Å²) in [6.45, 7) is 9.94. The molecule has 1 aromatic heterocycles. The number of amides is 4. The summed E-state index contributed by atoms with van der Waals surface area (Å²) < 4.78 is 6.64. The molecule has 0 spiro atoms. The second kappa shape index (κ2) is 18.9. The Kier molecular flexibility index (Phi) is 14.3. The van der Waals surface area contributed by atoms with E-state index in [2.05, 4.69) is 43.1 Å². The molecule has 0 bridgehead atoms. The molecule has 1 fully saturated rings. The Labute approximate surface area is 337 Å². The molecule has 56 heavy (non-hydrogen) atoms. The fourth-order valence-corrected chi connectivity index (χ4v) is 6.83. The van der Waals surface area contributed by atoms with Crippen LogP contribution in [-0.2, 0) is 25.7 Å². The fourth-order valence-electron chi connectivity index (χ4n) is 6.48. The molecule has 1 aliphatic rings. The maximum atomic E-state index is 14.1. The number of aliphatic hydroxyl groups excluding tert-OH is 1. The molecule has 0 radical (unpaired) electrons. The number of fused-ring (bicyclic) bond motifs is 2. The second-order valence-electron chi connectivity index (χ2n) is 15.7. The van der Waals surface area contributed by atoms with Gasteiger partial charge in [-0.3, -0.25) is 29.8 Å². The lowest BCUT2D eigenvalue weighted by Gasteiger charge is -2.36. The Morgan fingerprint density at radius 3 is 2.45 bits per heavy atom. The topological polar surface area (TPSA) is 156 Å². The van der Waals surface area contributed by atoms with Gasteiger partial charge in [0.15, 0.2) is 0 Å². The largest absolute Gasteiger partial charge is 0.444 e. The Balaban J connectivity index is 1.23. The maximum Gasteiger partial charge on any atom is 0.410 e. The standard InChI is InChI=1S/C42H54BrN7O6/c1-27(2)37(51)39(53)45-34(14-9-10-22-49(41(55)56-42(3,4)5)26-28-16-17-29-12-7-8-13-31(29)24-28)40(54)50-23-11-15-33(46-50)38(52)47-48(6)36-21-19-30-18-20-32(43)25-35(30)44-36/h7-8,12-13,16-21,24-25,27,33-34,37,46,51H,9-11,14-15,22-23,26H2,1-6H3,(H,45,53)(H,47,52)/t33-,34-,37-/m0/s1. The molecule has 4 amide bonds. The van der Waals surface area contributed by atoms with Crippen molar-refractivity contribution >= 4 is 67.2 Å². The van der Waals surface area contributed by atoms with E-state index in [1.54, 1.807) is 30.8 Å². The van der Waals surface area contributed by atoms with Crippen molar-refractivity contribution in [2.75, 3.05) is 25.1 Å². The highest BCUT2D eigenvalue weighted by Crippen LogP contribution is 2.22. The number of unbranched alkanes of at least 4 members (excludes halogenated alkanes) is 1. The number of aliphatic hydroxyl groups is 1. The smallest absolute Gasteiger partial charge is 0.410 e. The van der Waals surface area contributed by atoms with Crippen LogP contribution in [0.2, 0.25) is 0 Å². The Bertz CT molecular complexity index is 2020. The Morgan fingerprint density at radius 2 is 1.71 bits per heavy atom. The third-order valence-corrected chi connectivity index (χ3v) is 10.0. The number of hydrogen-bond donors (Lipinski definition) is 4. The van der Waals surface area contributed by atoms with Crippen molar-refractivity contribution in [3.8, 4) is 0 Å². The van der Waals surface area contributed by atoms with Gasteiger partial charge in [0.05, 0.1) is 5.52 Å². The zero-order valence-electron chi connectivity index (χ0n) is 33.0. The van der Waals surface area contributed by atoms with Crippen molar-refractivity contribution in [2.45, 2.75) is 97.1 Å². The lowest BCUT2D eigenvalue weighted by Crippen LogP contribution is -2.62. The highest BCUT2D eigenvalue weighted by molar-refractivity contribution is 9.10. The zero-order chi connectivity index (χ0) is 40.6. The van der Waals surface area contributed by atoms with Gasteiger partial charge in [0, 0.05) is 36.5 Å². The number of hydrazine groups is 2. The molecule has 0 aliphatic carbocycles. The van der Waals surface area contributed by atoms with E-state index < -0.39 is 41.7 Å². The quantitative estimate of drug-likeness (QED) is 0.0856. The maximum absolute atomic E-state index is 14.1. The number of benzene rings is 3. The van der Waals surface area contributed by atoms with Gasteiger partial charge in [0.1, 0.15) is 29.6 Å². The van der Waals surface area contributed by atoms with Crippen LogP contribution in [-0.4, -0.2) is 87.7 Å². The van der Waals surface area contributed by atoms with Crippen LogP contribution in [0.25, 0.3) is 21.7 Å². The third kappa shape index (κ3) is 11.6. The van der Waals surface area contributed by atoms with Crippen molar-refractivity contribution in [2.24, 2.45) is 5.92 Å². The van der Waals surface area contributed by atoms with Crippen LogP contribution in [0.1, 0.15) is 72.3 Å². The summed E-state index contributed by atoms with van der Waals surface area (Å²) in [5, 5.41) is 19.4. The number of pyridine rings is 1. The van der Waals surface area contributed by atoms with E-state index in [0.717, 1.165) is 31.7 Å². The third-order valence-electron chi connectivity index (χ3n) is 9.55. The van der Waals surface area contributed by atoms with Gasteiger partial charge in [0.2, 0.25) is 5.91 Å². The molecule has 0 unspecified atom stereocenters. The van der Waals surface area contributed by atoms with Crippen LogP contribution >= 0.6 is 15.9 Å². The van der Waals surface area contributed by atoms with E-state index >= 15 is 0 Å². The SMILES string of the molecule is CC(C)[C@H](O)C(=O)N[C@@H](CCCCN(Cc1ccc2ccccc2c1)C(=O)OC(C)(C)C)C(=O)N1CCC[C@@H](C(=O)NN(C)c2ccc3ccc(Br)cc3n2)N1. The van der Waals surface area contributed by atoms with E-state index in [1.165, 1.54) is 5.01 Å². The number of aromatic nitrogens is 1. The minimum Gasteiger partial charge on any atom is -0.444 e. The summed E-state index contributed by atoms with van der Waals surface area (Å²) in [5.41, 5.74) is 6.98. The Morgan fingerprint density at radius 1 is 1.00 bits per heavy atom. The molecule has 13 nitrogen and oxygen atoms in total. The van der Waals surface area contributed by atoms with E-state index in [1.807, 2.05) is 87.5 Å². The molecular formula is C42H54BrN7O6. The summed E-state index contributed by atoms with van der Waals surface area (Å²) >= 11 is 3.48. The number of ether oxygens (including phenoxy) is 1. The fraction of sp³-hybridized carbons (Fsp3) is 0.452. The number of nitrogens with zero attached hydrogens (tertiary/aromatic N) is 4. The highest BCUT2D eigenvalue weighted by Gasteiger charge is 2.34. The molecule has 5 rings (SSSR count). The van der Waals surface area contributed by atoms with Crippen molar-refractivity contribution in [3.63, 3.8) is 0 Å². The number of halogens is 1. The minimum absolute atomic E-state index is 0.245. The number of hydrogen-bond acceptors (Lipinski definition) is 9. The first-order valence-electron chi connectivity index (χ1n) is 19.2. The lowest BCUT2D eigenvalue weighted by molar-refractivity contribution is -0.145. The summed E-state index contributed by atoms with van der Waals surface area (Å²) in [4.78, 5) is 60.3. The average Bonchev–Trinajstić information content (AvgIpc) is 3.16. The van der Waals surface area contributed by atoms with Crippen LogP contribution in [0, 0.1) is 5.92 Å². The monoisotopic (exact) mass is 831 g/mol. The average molecular weight is 833 g/mol. The van der Waals surface area contributed by atoms with Crippen molar-refractivity contribution < 1.29 is 29.0 Å². The molecule has 0 saturated carbocycles. The first-order chi connectivity index (χ1) is 26.6. The van der Waals surface area contributed by atoms with Gasteiger partial charge in [-0.25, -0.2) is 15.2 Å². The molecule has 4 aromatic rings. The van der Waals surface area contributed by atoms with Crippen molar-refractivity contribution in [3.05, 3.63) is 82.8 Å². The number of anilines is 1. The minimum atomic E-state index is -1.30. The van der Waals surface area contributed by atoms with Crippen molar-refractivity contribution in [1.29, 1.82) is 0 Å². The molecule has 3 atom stereocenters. The van der Waals surface area contributed by atoms with Crippen LogP contribution < -0.4 is 21.2 Å². The molecule has 14 heteroatoms. The number of carbonyl (C=O) groups is 4. The molecule has 1 saturated heterocycles. The molecule has 4 N–H and O–H groups in total. The zero-order valence-corrected chi connectivity index (χ0v) is 34.6. The predicted octanol–water partition coefficient (Wildman–Crippen LogP) is 6.22. The number of nitrogens with one attached hydrogen (secondary N) is 3. The van der Waals surface area contributed by atoms with Gasteiger partial charge < -0.3 is 20.1 Å². The van der Waals surface area contributed by atoms with E-state index in [0.29, 0.717) is 51.1 Å². The predicted molar refractivity (Wildman–Crippen MR) is 221 cm³/mol. The summed E-state index contributed by atoms with van der Waals surface area (Å²) in [5.74, 6) is -1.22. The first-order valence-corrected chi connectivity index (χ1v) is 20.0. The van der Waals surface area contributed by atoms with Gasteiger partial charge in [-0.15, -0.1) is 0 Å². The van der Waals surface area contributed by atoms with E-state index in [-0.39, 0.29) is 18.2 Å². The molecular weight excluding hydrogens is 778 g/mol. The van der Waals surface area contributed by atoms with Gasteiger partial charge in [-0.2, -0.15) is 0 Å². The van der Waals surface area contributed by atoms with Gasteiger partial charge in [-0.05, 0) is 105 Å². The molecule has 3 aromatic carbocycles. The normalized spacial score (nSPS) is 15.7. The van der Waals surface area contributed by atoms with Crippen LogP contribution in [0.5, 0.6) is 0 Å². The first kappa shape index (κ1) is 42.4. The van der Waals surface area contributed by atoms with Crippen LogP contribution in [0.15, 0.2) is 77.3 Å². The number of carbonyl (C=O) groups excluding carboxylic acids is 4. The highest BCUT2D eigenvalue weighted by atomic mass is 79.9. The number of rotatable bonds is 14. The molecule has 300 valence electrons. The molecule has 2 heterocycles. The Hall–Kier alpha value is -4.79. The second-order valence-corrected chi connectivity index (χ2v) is 16.6. The van der Waals surface area contributed by atoms with Crippen molar-refractivity contribution in [1.82, 2.24) is 31.1 Å². The lowest BCUT2D eigenvalue weighted by atomic mass is 10.0. The van der Waals surface area contributed by atoms with Crippen LogP contribution in [0.4, 0.5) is 10.6 Å². The van der Waals surface area contributed by atoms with Gasteiger partial charge >= 0.3 is 6.09 Å². The van der Waals surface area contributed by atoms with Crippen LogP contribution in [0.3, 0.4) is 0 Å². The van der Waals surface area contributed by atoms with Gasteiger partial charge in [-0.1, -0.05) is 72.2 Å². The summed E-state index contributed by atoms with van der Waals surface area (Å²) in [7, 11) is 1.70. The molecule has 1 aliphatic heterocycles. The van der Waals surface area contributed by atoms with Gasteiger partial charge in [0.25, 0.3) is 11.8 Å².